The molecule has 1 heterocycles. The molecule has 0 saturated carbocycles. The van der Waals surface area contributed by atoms with E-state index in [-0.39, 0.29) is 6.10 Å². The zero-order chi connectivity index (χ0) is 8.48. The van der Waals surface area contributed by atoms with Gasteiger partial charge in [0.05, 0.1) is 6.10 Å². The predicted molar refractivity (Wildman–Crippen MR) is 46.5 cm³/mol. The topological polar surface area (TPSA) is 23.5 Å². The Hall–Kier alpha value is -0.0800. The van der Waals surface area contributed by atoms with Crippen LogP contribution in [-0.2, 0) is 0 Å². The van der Waals surface area contributed by atoms with Gasteiger partial charge < -0.3 is 5.11 Å². The van der Waals surface area contributed by atoms with E-state index in [0.29, 0.717) is 5.41 Å². The van der Waals surface area contributed by atoms with E-state index in [2.05, 4.69) is 18.7 Å². The monoisotopic (exact) mass is 157 g/mol. The summed E-state index contributed by atoms with van der Waals surface area (Å²) >= 11 is 0. The first kappa shape index (κ1) is 9.01. The van der Waals surface area contributed by atoms with Crippen molar-refractivity contribution >= 4 is 0 Å². The number of rotatable bonds is 3. The molecule has 0 aromatic heterocycles. The van der Waals surface area contributed by atoms with Crippen molar-refractivity contribution in [3.05, 3.63) is 0 Å². The van der Waals surface area contributed by atoms with E-state index < -0.39 is 0 Å². The van der Waals surface area contributed by atoms with E-state index in [9.17, 15) is 5.11 Å². The molecule has 2 heteroatoms. The molecule has 66 valence electrons. The van der Waals surface area contributed by atoms with Gasteiger partial charge in [-0.05, 0) is 11.8 Å². The molecule has 1 aliphatic heterocycles. The maximum atomic E-state index is 9.32. The van der Waals surface area contributed by atoms with Crippen molar-refractivity contribution in [2.75, 3.05) is 19.6 Å². The molecule has 1 rings (SSSR count). The molecular formula is C9H19NO. The van der Waals surface area contributed by atoms with Gasteiger partial charge in [0, 0.05) is 19.6 Å². The first-order valence-corrected chi connectivity index (χ1v) is 4.44. The molecule has 0 aromatic rings. The van der Waals surface area contributed by atoms with Crippen molar-refractivity contribution in [1.82, 2.24) is 4.90 Å². The highest BCUT2D eigenvalue weighted by atomic mass is 16.3. The zero-order valence-corrected chi connectivity index (χ0v) is 7.80. The Morgan fingerprint density at radius 2 is 2.00 bits per heavy atom. The van der Waals surface area contributed by atoms with E-state index in [0.717, 1.165) is 26.1 Å². The van der Waals surface area contributed by atoms with E-state index in [1.165, 1.54) is 0 Å². The van der Waals surface area contributed by atoms with Crippen LogP contribution in [0.25, 0.3) is 0 Å². The molecule has 1 aliphatic rings. The Kier molecular flexibility index (Phi) is 2.55. The zero-order valence-electron chi connectivity index (χ0n) is 7.80. The van der Waals surface area contributed by atoms with Crippen LogP contribution in [0.5, 0.6) is 0 Å². The summed E-state index contributed by atoms with van der Waals surface area (Å²) in [5.74, 6) is 0. The Morgan fingerprint density at radius 1 is 1.45 bits per heavy atom. The normalized spacial score (nSPS) is 26.2. The van der Waals surface area contributed by atoms with Gasteiger partial charge in [0.15, 0.2) is 0 Å². The van der Waals surface area contributed by atoms with E-state index in [1.807, 2.05) is 6.92 Å². The smallest absolute Gasteiger partial charge is 0.0664 e. The summed E-state index contributed by atoms with van der Waals surface area (Å²) < 4.78 is 0. The van der Waals surface area contributed by atoms with Crippen LogP contribution in [-0.4, -0.2) is 35.7 Å². The minimum absolute atomic E-state index is 0.119. The molecule has 1 unspecified atom stereocenters. The molecule has 0 radical (unpaired) electrons. The van der Waals surface area contributed by atoms with Crippen LogP contribution in [0.3, 0.4) is 0 Å². The molecule has 0 aliphatic carbocycles. The number of likely N-dealkylation sites (tertiary alicyclic amines) is 1. The quantitative estimate of drug-likeness (QED) is 0.663. The molecule has 0 amide bonds. The minimum Gasteiger partial charge on any atom is -0.392 e. The summed E-state index contributed by atoms with van der Waals surface area (Å²) in [4.78, 5) is 2.31. The third kappa shape index (κ3) is 2.46. The first-order chi connectivity index (χ1) is 5.03. The lowest BCUT2D eigenvalue weighted by atomic mass is 9.84. The van der Waals surface area contributed by atoms with Gasteiger partial charge >= 0.3 is 0 Å². The van der Waals surface area contributed by atoms with Crippen LogP contribution >= 0.6 is 0 Å². The maximum Gasteiger partial charge on any atom is 0.0664 e. The number of aliphatic hydroxyl groups is 1. The van der Waals surface area contributed by atoms with E-state index in [4.69, 9.17) is 0 Å². The number of hydrogen-bond donors (Lipinski definition) is 1. The van der Waals surface area contributed by atoms with Gasteiger partial charge in [-0.3, -0.25) is 4.90 Å². The number of β-amino-alcohol motifs (C(OH)–C–C–N with tert-alkyl or cyclic N) is 1. The summed E-state index contributed by atoms with van der Waals surface area (Å²) in [6, 6.07) is 0. The molecule has 0 spiro atoms. The van der Waals surface area contributed by atoms with Gasteiger partial charge in [0.25, 0.3) is 0 Å². The SMILES string of the molecule is CCC(O)CN1CC(C)(C)C1. The third-order valence-electron chi connectivity index (χ3n) is 2.24. The fourth-order valence-corrected chi connectivity index (χ4v) is 1.72. The van der Waals surface area contributed by atoms with Gasteiger partial charge in [0.1, 0.15) is 0 Å². The molecular weight excluding hydrogens is 138 g/mol. The number of aliphatic hydroxyl groups excluding tert-OH is 1. The van der Waals surface area contributed by atoms with Crippen molar-refractivity contribution in [3.63, 3.8) is 0 Å². The van der Waals surface area contributed by atoms with Crippen molar-refractivity contribution in [1.29, 1.82) is 0 Å². The number of hydrogen-bond acceptors (Lipinski definition) is 2. The highest BCUT2D eigenvalue weighted by molar-refractivity contribution is 4.88. The highest BCUT2D eigenvalue weighted by Crippen LogP contribution is 2.28. The van der Waals surface area contributed by atoms with Crippen molar-refractivity contribution in [2.24, 2.45) is 5.41 Å². The van der Waals surface area contributed by atoms with Gasteiger partial charge in [-0.25, -0.2) is 0 Å². The third-order valence-corrected chi connectivity index (χ3v) is 2.24. The van der Waals surface area contributed by atoms with Crippen LogP contribution in [0.15, 0.2) is 0 Å². The van der Waals surface area contributed by atoms with E-state index in [1.54, 1.807) is 0 Å². The van der Waals surface area contributed by atoms with Gasteiger partial charge in [0.2, 0.25) is 0 Å². The summed E-state index contributed by atoms with van der Waals surface area (Å²) in [5, 5.41) is 9.32. The second-order valence-electron chi connectivity index (χ2n) is 4.40. The van der Waals surface area contributed by atoms with Gasteiger partial charge in [-0.2, -0.15) is 0 Å². The van der Waals surface area contributed by atoms with E-state index >= 15 is 0 Å². The Bertz CT molecular complexity index is 126. The Labute approximate surface area is 69.2 Å². The molecule has 1 atom stereocenters. The maximum absolute atomic E-state index is 9.32. The van der Waals surface area contributed by atoms with Crippen LogP contribution in [0.4, 0.5) is 0 Å². The van der Waals surface area contributed by atoms with Gasteiger partial charge in [-0.1, -0.05) is 20.8 Å². The lowest BCUT2D eigenvalue weighted by molar-refractivity contribution is -0.00568. The molecule has 1 N–H and O–H groups in total. The minimum atomic E-state index is -0.119. The van der Waals surface area contributed by atoms with Crippen LogP contribution in [0, 0.1) is 5.41 Å². The largest absolute Gasteiger partial charge is 0.392 e. The first-order valence-electron chi connectivity index (χ1n) is 4.44. The van der Waals surface area contributed by atoms with Crippen molar-refractivity contribution in [3.8, 4) is 0 Å². The predicted octanol–water partition coefficient (Wildman–Crippen LogP) is 1.10. The summed E-state index contributed by atoms with van der Waals surface area (Å²) in [6.45, 7) is 9.70. The van der Waals surface area contributed by atoms with Crippen LogP contribution < -0.4 is 0 Å². The molecule has 0 bridgehead atoms. The Balaban J connectivity index is 2.13. The Morgan fingerprint density at radius 3 is 2.36 bits per heavy atom. The fraction of sp³-hybridized carbons (Fsp3) is 1.00. The highest BCUT2D eigenvalue weighted by Gasteiger charge is 2.34. The lowest BCUT2D eigenvalue weighted by Gasteiger charge is -2.46. The summed E-state index contributed by atoms with van der Waals surface area (Å²) in [6.07, 6.45) is 0.753. The lowest BCUT2D eigenvalue weighted by Crippen LogP contribution is -2.54. The van der Waals surface area contributed by atoms with Crippen molar-refractivity contribution < 1.29 is 5.11 Å². The second-order valence-corrected chi connectivity index (χ2v) is 4.40. The average molecular weight is 157 g/mol. The molecule has 1 saturated heterocycles. The molecule has 0 aromatic carbocycles. The number of nitrogens with zero attached hydrogens (tertiary/aromatic N) is 1. The van der Waals surface area contributed by atoms with Crippen molar-refractivity contribution in [2.45, 2.75) is 33.3 Å². The fourth-order valence-electron chi connectivity index (χ4n) is 1.72. The average Bonchev–Trinajstić information content (AvgIpc) is 1.83. The second kappa shape index (κ2) is 3.11. The molecule has 11 heavy (non-hydrogen) atoms. The molecule has 1 fully saturated rings. The van der Waals surface area contributed by atoms with Crippen LogP contribution in [0.2, 0.25) is 0 Å². The standard InChI is InChI=1S/C9H19NO/c1-4-8(11)5-10-6-9(2,3)7-10/h8,11H,4-7H2,1-3H3. The molecule has 2 nitrogen and oxygen atoms in total. The van der Waals surface area contributed by atoms with Gasteiger partial charge in [-0.15, -0.1) is 0 Å². The summed E-state index contributed by atoms with van der Waals surface area (Å²) in [7, 11) is 0. The van der Waals surface area contributed by atoms with Crippen LogP contribution in [0.1, 0.15) is 27.2 Å². The summed E-state index contributed by atoms with van der Waals surface area (Å²) in [5.41, 5.74) is 0.494.